The first kappa shape index (κ1) is 15.7. The molecule has 2 aliphatic heterocycles. The highest BCUT2D eigenvalue weighted by molar-refractivity contribution is 9.10. The number of fused-ring (bicyclic) bond motifs is 3. The van der Waals surface area contributed by atoms with E-state index >= 15 is 0 Å². The summed E-state index contributed by atoms with van der Waals surface area (Å²) >= 11 is 3.50. The van der Waals surface area contributed by atoms with Gasteiger partial charge in [-0.3, -0.25) is 5.01 Å². The molecule has 0 N–H and O–H groups in total. The first-order valence-electron chi connectivity index (χ1n) is 8.49. The number of halogens is 1. The number of benzene rings is 2. The van der Waals surface area contributed by atoms with Crippen LogP contribution in [0.15, 0.2) is 58.1 Å². The van der Waals surface area contributed by atoms with E-state index in [1.54, 1.807) is 0 Å². The van der Waals surface area contributed by atoms with Gasteiger partial charge >= 0.3 is 0 Å². The molecule has 0 saturated heterocycles. The maximum Gasteiger partial charge on any atom is 0.188 e. The molecule has 2 atom stereocenters. The van der Waals surface area contributed by atoms with Crippen LogP contribution in [0.3, 0.4) is 0 Å². The maximum absolute atomic E-state index is 6.27. The van der Waals surface area contributed by atoms with E-state index in [2.05, 4.69) is 77.3 Å². The zero-order valence-corrected chi connectivity index (χ0v) is 15.5. The molecule has 0 radical (unpaired) electrons. The summed E-state index contributed by atoms with van der Waals surface area (Å²) in [4.78, 5) is 0. The van der Waals surface area contributed by atoms with Crippen molar-refractivity contribution in [3.05, 3.63) is 64.1 Å². The zero-order valence-electron chi connectivity index (χ0n) is 13.9. The van der Waals surface area contributed by atoms with Crippen molar-refractivity contribution in [3.63, 3.8) is 0 Å². The normalized spacial score (nSPS) is 22.0. The fraction of sp³-hybridized carbons (Fsp3) is 0.350. The van der Waals surface area contributed by atoms with E-state index in [-0.39, 0.29) is 12.3 Å². The first-order chi connectivity index (χ1) is 11.6. The lowest BCUT2D eigenvalue weighted by molar-refractivity contribution is -0.0291. The van der Waals surface area contributed by atoms with Crippen LogP contribution in [0.2, 0.25) is 0 Å². The Labute approximate surface area is 151 Å². The van der Waals surface area contributed by atoms with E-state index in [9.17, 15) is 0 Å². The van der Waals surface area contributed by atoms with Gasteiger partial charge in [0.1, 0.15) is 5.75 Å². The Morgan fingerprint density at radius 3 is 2.67 bits per heavy atom. The van der Waals surface area contributed by atoms with Crippen molar-refractivity contribution in [2.75, 3.05) is 0 Å². The van der Waals surface area contributed by atoms with Crippen LogP contribution in [-0.2, 0) is 0 Å². The minimum atomic E-state index is 0.0119. The van der Waals surface area contributed by atoms with Gasteiger partial charge in [0.15, 0.2) is 6.23 Å². The lowest BCUT2D eigenvalue weighted by Gasteiger charge is -2.38. The molecule has 4 heteroatoms. The third kappa shape index (κ3) is 2.84. The molecule has 24 heavy (non-hydrogen) atoms. The van der Waals surface area contributed by atoms with Crippen LogP contribution in [0.1, 0.15) is 43.9 Å². The first-order valence-corrected chi connectivity index (χ1v) is 9.28. The van der Waals surface area contributed by atoms with E-state index in [4.69, 9.17) is 9.84 Å². The second-order valence-corrected chi connectivity index (χ2v) is 7.81. The van der Waals surface area contributed by atoms with Crippen LogP contribution in [0.4, 0.5) is 0 Å². The molecular formula is C20H21BrN2O. The number of para-hydroxylation sites is 1. The largest absolute Gasteiger partial charge is 0.469 e. The zero-order chi connectivity index (χ0) is 16.7. The van der Waals surface area contributed by atoms with Crippen molar-refractivity contribution in [3.8, 4) is 5.75 Å². The predicted octanol–water partition coefficient (Wildman–Crippen LogP) is 5.36. The van der Waals surface area contributed by atoms with Crippen molar-refractivity contribution in [2.45, 2.75) is 39.0 Å². The summed E-state index contributed by atoms with van der Waals surface area (Å²) in [6.45, 7) is 4.46. The van der Waals surface area contributed by atoms with Gasteiger partial charge in [0, 0.05) is 22.9 Å². The summed E-state index contributed by atoms with van der Waals surface area (Å²) in [7, 11) is 0. The Balaban J connectivity index is 1.70. The molecule has 4 rings (SSSR count). The highest BCUT2D eigenvalue weighted by Crippen LogP contribution is 2.44. The van der Waals surface area contributed by atoms with Gasteiger partial charge in [-0.15, -0.1) is 0 Å². The predicted molar refractivity (Wildman–Crippen MR) is 100 cm³/mol. The van der Waals surface area contributed by atoms with Gasteiger partial charge in [-0.2, -0.15) is 5.10 Å². The van der Waals surface area contributed by atoms with Crippen molar-refractivity contribution in [1.29, 1.82) is 0 Å². The third-order valence-corrected chi connectivity index (χ3v) is 5.16. The molecule has 2 heterocycles. The van der Waals surface area contributed by atoms with E-state index in [1.165, 1.54) is 11.1 Å². The SMILES string of the molecule is CC(C)C[C@H]1Oc2ccccc2[C@@H]2CC(c3ccc(Br)cc3)=NN12. The number of hydrogen-bond donors (Lipinski definition) is 0. The average Bonchev–Trinajstić information content (AvgIpc) is 3.01. The van der Waals surface area contributed by atoms with Crippen molar-refractivity contribution in [1.82, 2.24) is 5.01 Å². The topological polar surface area (TPSA) is 24.8 Å². The van der Waals surface area contributed by atoms with Crippen molar-refractivity contribution in [2.24, 2.45) is 11.0 Å². The Hall–Kier alpha value is -1.81. The van der Waals surface area contributed by atoms with Crippen LogP contribution < -0.4 is 4.74 Å². The van der Waals surface area contributed by atoms with E-state index in [1.807, 2.05) is 6.07 Å². The average molecular weight is 385 g/mol. The molecule has 2 aromatic carbocycles. The minimum absolute atomic E-state index is 0.0119. The van der Waals surface area contributed by atoms with Crippen molar-refractivity contribution >= 4 is 21.6 Å². The standard InChI is InChI=1S/C20H21BrN2O/c1-13(2)11-20-23-18(16-5-3-4-6-19(16)24-20)12-17(22-23)14-7-9-15(21)10-8-14/h3-10,13,18,20H,11-12H2,1-2H3/t18-,20+/m0/s1. The molecule has 0 spiro atoms. The molecule has 2 aliphatic rings. The second-order valence-electron chi connectivity index (χ2n) is 6.89. The fourth-order valence-corrected chi connectivity index (χ4v) is 3.75. The molecule has 0 saturated carbocycles. The van der Waals surface area contributed by atoms with Crippen LogP contribution in [0.5, 0.6) is 5.75 Å². The van der Waals surface area contributed by atoms with Gasteiger partial charge in [-0.05, 0) is 29.7 Å². The van der Waals surface area contributed by atoms with Gasteiger partial charge in [-0.25, -0.2) is 0 Å². The minimum Gasteiger partial charge on any atom is -0.469 e. The van der Waals surface area contributed by atoms with Gasteiger partial charge in [-0.1, -0.05) is 60.1 Å². The van der Waals surface area contributed by atoms with Crippen LogP contribution in [0, 0.1) is 5.92 Å². The molecular weight excluding hydrogens is 364 g/mol. The summed E-state index contributed by atoms with van der Waals surface area (Å²) in [5, 5.41) is 7.13. The number of ether oxygens (including phenoxy) is 1. The quantitative estimate of drug-likeness (QED) is 0.710. The Morgan fingerprint density at radius 2 is 1.92 bits per heavy atom. The second kappa shape index (κ2) is 6.25. The Kier molecular flexibility index (Phi) is 4.09. The van der Waals surface area contributed by atoms with E-state index in [0.29, 0.717) is 5.92 Å². The van der Waals surface area contributed by atoms with Crippen LogP contribution in [-0.4, -0.2) is 16.9 Å². The number of nitrogens with zero attached hydrogens (tertiary/aromatic N) is 2. The summed E-state index contributed by atoms with van der Waals surface area (Å²) in [5.74, 6) is 1.57. The van der Waals surface area contributed by atoms with Crippen LogP contribution in [0.25, 0.3) is 0 Å². The molecule has 2 aromatic rings. The summed E-state index contributed by atoms with van der Waals surface area (Å²) < 4.78 is 7.36. The van der Waals surface area contributed by atoms with Gasteiger partial charge in [0.2, 0.25) is 0 Å². The highest BCUT2D eigenvalue weighted by atomic mass is 79.9. The third-order valence-electron chi connectivity index (χ3n) is 4.63. The summed E-state index contributed by atoms with van der Waals surface area (Å²) in [5.41, 5.74) is 3.57. The smallest absolute Gasteiger partial charge is 0.188 e. The molecule has 124 valence electrons. The molecule has 0 aliphatic carbocycles. The Morgan fingerprint density at radius 1 is 1.17 bits per heavy atom. The molecule has 0 aromatic heterocycles. The molecule has 0 fully saturated rings. The van der Waals surface area contributed by atoms with Crippen molar-refractivity contribution < 1.29 is 4.74 Å². The van der Waals surface area contributed by atoms with E-state index in [0.717, 1.165) is 28.8 Å². The van der Waals surface area contributed by atoms with Gasteiger partial charge in [0.25, 0.3) is 0 Å². The summed E-state index contributed by atoms with van der Waals surface area (Å²) in [6.07, 6.45) is 1.91. The summed E-state index contributed by atoms with van der Waals surface area (Å²) in [6, 6.07) is 17.1. The highest BCUT2D eigenvalue weighted by Gasteiger charge is 2.40. The lowest BCUT2D eigenvalue weighted by atomic mass is 9.96. The monoisotopic (exact) mass is 384 g/mol. The van der Waals surface area contributed by atoms with Gasteiger partial charge in [0.05, 0.1) is 11.8 Å². The fourth-order valence-electron chi connectivity index (χ4n) is 3.49. The van der Waals surface area contributed by atoms with E-state index < -0.39 is 0 Å². The lowest BCUT2D eigenvalue weighted by Crippen LogP contribution is -2.41. The number of hydrogen-bond acceptors (Lipinski definition) is 3. The molecule has 0 bridgehead atoms. The van der Waals surface area contributed by atoms with Crippen LogP contribution >= 0.6 is 15.9 Å². The molecule has 0 amide bonds. The molecule has 3 nitrogen and oxygen atoms in total. The van der Waals surface area contributed by atoms with Gasteiger partial charge < -0.3 is 4.74 Å². The Bertz CT molecular complexity index is 769. The number of hydrazone groups is 1. The number of rotatable bonds is 3. The maximum atomic E-state index is 6.27. The molecule has 0 unspecified atom stereocenters.